The summed E-state index contributed by atoms with van der Waals surface area (Å²) in [5, 5.41) is 3.48. The molecule has 0 unspecified atom stereocenters. The number of carbonyl (C=O) groups is 2. The van der Waals surface area contributed by atoms with Gasteiger partial charge in [-0.3, -0.25) is 9.59 Å². The molecule has 1 atom stereocenters. The third-order valence-corrected chi connectivity index (χ3v) is 5.47. The number of ether oxygens (including phenoxy) is 1. The molecule has 0 saturated heterocycles. The Balaban J connectivity index is 1.91. The molecular weight excluding hydrogens is 448 g/mol. The summed E-state index contributed by atoms with van der Waals surface area (Å²) in [5.74, 6) is -0.0805. The first-order valence-corrected chi connectivity index (χ1v) is 11.7. The maximum Gasteiger partial charge on any atom is 0.261 e. The number of hydrogen-bond donors (Lipinski definition) is 1. The minimum absolute atomic E-state index is 0.210. The molecule has 0 aliphatic heterocycles. The molecule has 0 radical (unpaired) electrons. The van der Waals surface area contributed by atoms with Crippen LogP contribution in [-0.2, 0) is 22.6 Å². The van der Waals surface area contributed by atoms with Gasteiger partial charge >= 0.3 is 0 Å². The number of amides is 2. The highest BCUT2D eigenvalue weighted by Gasteiger charge is 2.32. The zero-order valence-corrected chi connectivity index (χ0v) is 20.6. The standard InChI is InChI=1S/C28H31ClN2O3/c1-28(2,3)30-27(33)24(18-21-12-6-4-7-13-21)31(19-22-14-8-5-9-15-22)26(32)20-34-25-17-11-10-16-23(25)29/h4-17,24H,18-20H2,1-3H3,(H,30,33)/t24-/m0/s1. The SMILES string of the molecule is CC(C)(C)NC(=O)[C@H](Cc1ccccc1)N(Cc1ccccc1)C(=O)COc1ccccc1Cl. The average Bonchev–Trinajstić information content (AvgIpc) is 2.81. The quantitative estimate of drug-likeness (QED) is 0.455. The van der Waals surface area contributed by atoms with Gasteiger partial charge in [-0.1, -0.05) is 84.4 Å². The highest BCUT2D eigenvalue weighted by Crippen LogP contribution is 2.23. The molecule has 0 heterocycles. The maximum absolute atomic E-state index is 13.5. The molecule has 2 amide bonds. The molecule has 34 heavy (non-hydrogen) atoms. The first kappa shape index (κ1) is 25.3. The molecule has 0 saturated carbocycles. The molecule has 5 nitrogen and oxygen atoms in total. The van der Waals surface area contributed by atoms with E-state index < -0.39 is 11.6 Å². The smallest absolute Gasteiger partial charge is 0.261 e. The van der Waals surface area contributed by atoms with Crippen molar-refractivity contribution in [3.8, 4) is 5.75 Å². The molecule has 3 aromatic rings. The number of para-hydroxylation sites is 1. The van der Waals surface area contributed by atoms with Crippen molar-refractivity contribution >= 4 is 23.4 Å². The van der Waals surface area contributed by atoms with Crippen molar-refractivity contribution in [1.29, 1.82) is 0 Å². The predicted octanol–water partition coefficient (Wildman–Crippen LogP) is 5.27. The van der Waals surface area contributed by atoms with Crippen molar-refractivity contribution in [1.82, 2.24) is 10.2 Å². The fourth-order valence-electron chi connectivity index (χ4n) is 3.57. The van der Waals surface area contributed by atoms with Crippen molar-refractivity contribution in [2.75, 3.05) is 6.61 Å². The van der Waals surface area contributed by atoms with Gasteiger partial charge in [0, 0.05) is 18.5 Å². The van der Waals surface area contributed by atoms with Gasteiger partial charge in [0.2, 0.25) is 5.91 Å². The lowest BCUT2D eigenvalue weighted by Gasteiger charge is -2.33. The van der Waals surface area contributed by atoms with Crippen LogP contribution < -0.4 is 10.1 Å². The van der Waals surface area contributed by atoms with Crippen molar-refractivity contribution < 1.29 is 14.3 Å². The van der Waals surface area contributed by atoms with E-state index in [9.17, 15) is 9.59 Å². The molecule has 0 fully saturated rings. The second-order valence-corrected chi connectivity index (χ2v) is 9.58. The molecule has 0 aliphatic carbocycles. The Morgan fingerprint density at radius 3 is 2.03 bits per heavy atom. The Hall–Kier alpha value is -3.31. The lowest BCUT2D eigenvalue weighted by atomic mass is 10.0. The van der Waals surface area contributed by atoms with Crippen LogP contribution >= 0.6 is 11.6 Å². The third-order valence-electron chi connectivity index (χ3n) is 5.15. The summed E-state index contributed by atoms with van der Waals surface area (Å²) >= 11 is 6.20. The zero-order valence-electron chi connectivity index (χ0n) is 19.8. The van der Waals surface area contributed by atoms with Crippen LogP contribution in [0.1, 0.15) is 31.9 Å². The summed E-state index contributed by atoms with van der Waals surface area (Å²) in [7, 11) is 0. The molecular formula is C28H31ClN2O3. The number of hydrogen-bond acceptors (Lipinski definition) is 3. The van der Waals surface area contributed by atoms with Crippen LogP contribution in [0, 0.1) is 0 Å². The van der Waals surface area contributed by atoms with Gasteiger partial charge in [0.1, 0.15) is 11.8 Å². The lowest BCUT2D eigenvalue weighted by Crippen LogP contribution is -2.55. The van der Waals surface area contributed by atoms with Crippen LogP contribution in [0.4, 0.5) is 0 Å². The Morgan fingerprint density at radius 1 is 0.882 bits per heavy atom. The molecule has 178 valence electrons. The van der Waals surface area contributed by atoms with Crippen molar-refractivity contribution in [3.63, 3.8) is 0 Å². The first-order chi connectivity index (χ1) is 16.2. The van der Waals surface area contributed by atoms with Crippen LogP contribution in [0.25, 0.3) is 0 Å². The van der Waals surface area contributed by atoms with Gasteiger partial charge in [0.15, 0.2) is 6.61 Å². The molecule has 3 aromatic carbocycles. The summed E-state index contributed by atoms with van der Waals surface area (Å²) < 4.78 is 5.74. The number of nitrogens with zero attached hydrogens (tertiary/aromatic N) is 1. The molecule has 0 aromatic heterocycles. The Kier molecular flexibility index (Phi) is 8.72. The molecule has 6 heteroatoms. The summed E-state index contributed by atoms with van der Waals surface area (Å²) in [5.41, 5.74) is 1.45. The average molecular weight is 479 g/mol. The predicted molar refractivity (Wildman–Crippen MR) is 136 cm³/mol. The monoisotopic (exact) mass is 478 g/mol. The van der Waals surface area contributed by atoms with Crippen LogP contribution in [-0.4, -0.2) is 34.9 Å². The van der Waals surface area contributed by atoms with Gasteiger partial charge in [0.25, 0.3) is 5.91 Å². The topological polar surface area (TPSA) is 58.6 Å². The summed E-state index contributed by atoms with van der Waals surface area (Å²) in [6.45, 7) is 5.82. The van der Waals surface area contributed by atoms with E-state index in [-0.39, 0.29) is 25.0 Å². The van der Waals surface area contributed by atoms with Crippen molar-refractivity contribution in [2.24, 2.45) is 0 Å². The van der Waals surface area contributed by atoms with E-state index in [2.05, 4.69) is 5.32 Å². The van der Waals surface area contributed by atoms with Gasteiger partial charge in [-0.15, -0.1) is 0 Å². The van der Waals surface area contributed by atoms with Crippen molar-refractivity contribution in [2.45, 2.75) is 45.3 Å². The zero-order chi connectivity index (χ0) is 24.6. The third kappa shape index (κ3) is 7.63. The molecule has 0 spiro atoms. The van der Waals surface area contributed by atoms with E-state index in [1.165, 1.54) is 0 Å². The van der Waals surface area contributed by atoms with Crippen molar-refractivity contribution in [3.05, 3.63) is 101 Å². The largest absolute Gasteiger partial charge is 0.482 e. The molecule has 1 N–H and O–H groups in total. The fourth-order valence-corrected chi connectivity index (χ4v) is 3.76. The summed E-state index contributed by atoms with van der Waals surface area (Å²) in [4.78, 5) is 28.6. The highest BCUT2D eigenvalue weighted by atomic mass is 35.5. The number of benzene rings is 3. The molecule has 0 aliphatic rings. The molecule has 0 bridgehead atoms. The van der Waals surface area contributed by atoms with Gasteiger partial charge in [0.05, 0.1) is 5.02 Å². The summed E-state index contributed by atoms with van der Waals surface area (Å²) in [6.07, 6.45) is 0.382. The number of carbonyl (C=O) groups excluding carboxylic acids is 2. The second kappa shape index (κ2) is 11.7. The van der Waals surface area contributed by atoms with E-state index in [0.717, 1.165) is 11.1 Å². The van der Waals surface area contributed by atoms with Gasteiger partial charge in [-0.2, -0.15) is 0 Å². The van der Waals surface area contributed by atoms with Crippen LogP contribution in [0.3, 0.4) is 0 Å². The van der Waals surface area contributed by atoms with E-state index >= 15 is 0 Å². The minimum atomic E-state index is -0.718. The Morgan fingerprint density at radius 2 is 1.44 bits per heavy atom. The number of rotatable bonds is 9. The van der Waals surface area contributed by atoms with E-state index in [0.29, 0.717) is 17.2 Å². The Bertz CT molecular complexity index is 1080. The first-order valence-electron chi connectivity index (χ1n) is 11.3. The van der Waals surface area contributed by atoms with Gasteiger partial charge < -0.3 is 15.0 Å². The van der Waals surface area contributed by atoms with Crippen LogP contribution in [0.5, 0.6) is 5.75 Å². The number of nitrogens with one attached hydrogen (secondary N) is 1. The molecule has 3 rings (SSSR count). The second-order valence-electron chi connectivity index (χ2n) is 9.17. The minimum Gasteiger partial charge on any atom is -0.482 e. The normalized spacial score (nSPS) is 12.0. The van der Waals surface area contributed by atoms with Crippen LogP contribution in [0.2, 0.25) is 5.02 Å². The lowest BCUT2D eigenvalue weighted by molar-refractivity contribution is -0.143. The summed E-state index contributed by atoms with van der Waals surface area (Å²) in [6, 6.07) is 25.6. The van der Waals surface area contributed by atoms with Crippen LogP contribution in [0.15, 0.2) is 84.9 Å². The van der Waals surface area contributed by atoms with Gasteiger partial charge in [-0.25, -0.2) is 0 Å². The van der Waals surface area contributed by atoms with E-state index in [4.69, 9.17) is 16.3 Å². The van der Waals surface area contributed by atoms with E-state index in [1.54, 1.807) is 29.2 Å². The highest BCUT2D eigenvalue weighted by molar-refractivity contribution is 6.32. The Labute approximate surface area is 206 Å². The number of halogens is 1. The van der Waals surface area contributed by atoms with Gasteiger partial charge in [-0.05, 0) is 44.0 Å². The maximum atomic E-state index is 13.5. The van der Waals surface area contributed by atoms with E-state index in [1.807, 2.05) is 81.4 Å². The fraction of sp³-hybridized carbons (Fsp3) is 0.286.